The van der Waals surface area contributed by atoms with E-state index in [-0.39, 0.29) is 0 Å². The third-order valence-electron chi connectivity index (χ3n) is 2.65. The molecular formula is C11H13Br. The third kappa shape index (κ3) is 1.20. The van der Waals surface area contributed by atoms with Crippen molar-refractivity contribution in [2.75, 3.05) is 0 Å². The molecule has 0 amide bonds. The van der Waals surface area contributed by atoms with Gasteiger partial charge in [-0.1, -0.05) is 35.0 Å². The van der Waals surface area contributed by atoms with Gasteiger partial charge in [-0.25, -0.2) is 0 Å². The fourth-order valence-electron chi connectivity index (χ4n) is 1.99. The van der Waals surface area contributed by atoms with Crippen molar-refractivity contribution in [1.29, 1.82) is 0 Å². The predicted molar refractivity (Wildman–Crippen MR) is 55.5 cm³/mol. The van der Waals surface area contributed by atoms with Crippen LogP contribution in [0.4, 0.5) is 0 Å². The molecule has 0 spiro atoms. The number of fused-ring (bicyclic) bond motifs is 1. The molecule has 0 nitrogen and oxygen atoms in total. The second kappa shape index (κ2) is 2.88. The summed E-state index contributed by atoms with van der Waals surface area (Å²) in [6.45, 7) is 4.48. The van der Waals surface area contributed by atoms with Crippen LogP contribution in [0.3, 0.4) is 0 Å². The van der Waals surface area contributed by atoms with E-state index in [1.54, 1.807) is 11.1 Å². The SMILES string of the molecule is Cc1ccc2c(c1Br)CC(C)C2. The van der Waals surface area contributed by atoms with Crippen molar-refractivity contribution in [2.45, 2.75) is 26.7 Å². The van der Waals surface area contributed by atoms with Gasteiger partial charge in [0, 0.05) is 4.47 Å². The monoisotopic (exact) mass is 224 g/mol. The van der Waals surface area contributed by atoms with E-state index in [0.717, 1.165) is 5.92 Å². The van der Waals surface area contributed by atoms with Crippen LogP contribution in [0.1, 0.15) is 23.6 Å². The maximum atomic E-state index is 3.66. The first-order valence-corrected chi connectivity index (χ1v) is 5.24. The predicted octanol–water partition coefficient (Wildman–Crippen LogP) is 3.49. The summed E-state index contributed by atoms with van der Waals surface area (Å²) in [5, 5.41) is 0. The molecule has 1 aliphatic rings. The topological polar surface area (TPSA) is 0 Å². The molecule has 0 aliphatic heterocycles. The van der Waals surface area contributed by atoms with Gasteiger partial charge in [-0.3, -0.25) is 0 Å². The zero-order valence-electron chi connectivity index (χ0n) is 7.52. The van der Waals surface area contributed by atoms with Crippen LogP contribution >= 0.6 is 15.9 Å². The third-order valence-corrected chi connectivity index (χ3v) is 3.76. The van der Waals surface area contributed by atoms with Crippen LogP contribution in [-0.2, 0) is 12.8 Å². The summed E-state index contributed by atoms with van der Waals surface area (Å²) in [7, 11) is 0. The molecule has 1 aromatic carbocycles. The lowest BCUT2D eigenvalue weighted by molar-refractivity contribution is 0.627. The Hall–Kier alpha value is -0.300. The zero-order chi connectivity index (χ0) is 8.72. The highest BCUT2D eigenvalue weighted by Gasteiger charge is 2.20. The molecule has 0 bridgehead atoms. The van der Waals surface area contributed by atoms with E-state index in [4.69, 9.17) is 0 Å². The molecule has 0 saturated heterocycles. The molecule has 12 heavy (non-hydrogen) atoms. The summed E-state index contributed by atoms with van der Waals surface area (Å²) in [4.78, 5) is 0. The van der Waals surface area contributed by atoms with Gasteiger partial charge in [0.15, 0.2) is 0 Å². The quantitative estimate of drug-likeness (QED) is 0.634. The molecule has 0 fully saturated rings. The minimum atomic E-state index is 0.832. The van der Waals surface area contributed by atoms with Gasteiger partial charge in [0.2, 0.25) is 0 Å². The van der Waals surface area contributed by atoms with Crippen LogP contribution in [0, 0.1) is 12.8 Å². The summed E-state index contributed by atoms with van der Waals surface area (Å²) in [6.07, 6.45) is 2.51. The van der Waals surface area contributed by atoms with Crippen molar-refractivity contribution in [3.8, 4) is 0 Å². The van der Waals surface area contributed by atoms with Crippen molar-refractivity contribution in [2.24, 2.45) is 5.92 Å². The fourth-order valence-corrected chi connectivity index (χ4v) is 2.53. The highest BCUT2D eigenvalue weighted by Crippen LogP contribution is 2.33. The van der Waals surface area contributed by atoms with E-state index >= 15 is 0 Å². The Morgan fingerprint density at radius 2 is 2.08 bits per heavy atom. The molecule has 0 N–H and O–H groups in total. The molecule has 0 heterocycles. The highest BCUT2D eigenvalue weighted by atomic mass is 79.9. The largest absolute Gasteiger partial charge is 0.0619 e. The number of halogens is 1. The summed E-state index contributed by atoms with van der Waals surface area (Å²) in [6, 6.07) is 4.49. The number of aryl methyl sites for hydroxylation is 1. The minimum absolute atomic E-state index is 0.832. The molecule has 0 saturated carbocycles. The van der Waals surface area contributed by atoms with E-state index in [1.807, 2.05) is 0 Å². The van der Waals surface area contributed by atoms with Crippen LogP contribution in [-0.4, -0.2) is 0 Å². The molecule has 2 rings (SSSR count). The molecule has 1 aromatic rings. The Morgan fingerprint density at radius 3 is 2.83 bits per heavy atom. The number of benzene rings is 1. The smallest absolute Gasteiger partial charge is 0.0239 e. The zero-order valence-corrected chi connectivity index (χ0v) is 9.11. The Balaban J connectivity index is 2.54. The second-order valence-corrected chi connectivity index (χ2v) is 4.64. The van der Waals surface area contributed by atoms with Gasteiger partial charge in [-0.05, 0) is 42.4 Å². The number of hydrogen-bond donors (Lipinski definition) is 0. The van der Waals surface area contributed by atoms with E-state index < -0.39 is 0 Å². The summed E-state index contributed by atoms with van der Waals surface area (Å²) in [5.74, 6) is 0.832. The summed E-state index contributed by atoms with van der Waals surface area (Å²) in [5.41, 5.74) is 4.45. The highest BCUT2D eigenvalue weighted by molar-refractivity contribution is 9.10. The van der Waals surface area contributed by atoms with Gasteiger partial charge < -0.3 is 0 Å². The van der Waals surface area contributed by atoms with E-state index in [0.29, 0.717) is 0 Å². The summed E-state index contributed by atoms with van der Waals surface area (Å²) >= 11 is 3.66. The van der Waals surface area contributed by atoms with Crippen molar-refractivity contribution in [1.82, 2.24) is 0 Å². The van der Waals surface area contributed by atoms with Crippen molar-refractivity contribution < 1.29 is 0 Å². The van der Waals surface area contributed by atoms with Gasteiger partial charge in [0.25, 0.3) is 0 Å². The Bertz CT molecular complexity index is 315. The number of rotatable bonds is 0. The van der Waals surface area contributed by atoms with Crippen LogP contribution in [0.25, 0.3) is 0 Å². The van der Waals surface area contributed by atoms with Gasteiger partial charge in [-0.15, -0.1) is 0 Å². The molecule has 0 radical (unpaired) electrons. The van der Waals surface area contributed by atoms with Crippen LogP contribution in [0.15, 0.2) is 16.6 Å². The molecule has 1 heteroatoms. The van der Waals surface area contributed by atoms with Gasteiger partial charge in [0.05, 0.1) is 0 Å². The van der Waals surface area contributed by atoms with Crippen LogP contribution in [0.5, 0.6) is 0 Å². The average molecular weight is 225 g/mol. The van der Waals surface area contributed by atoms with Crippen molar-refractivity contribution in [3.05, 3.63) is 33.3 Å². The van der Waals surface area contributed by atoms with Gasteiger partial charge in [-0.2, -0.15) is 0 Å². The van der Waals surface area contributed by atoms with Crippen LogP contribution < -0.4 is 0 Å². The molecule has 64 valence electrons. The Morgan fingerprint density at radius 1 is 1.33 bits per heavy atom. The van der Waals surface area contributed by atoms with Gasteiger partial charge >= 0.3 is 0 Å². The van der Waals surface area contributed by atoms with Crippen molar-refractivity contribution in [3.63, 3.8) is 0 Å². The second-order valence-electron chi connectivity index (χ2n) is 3.85. The first-order valence-electron chi connectivity index (χ1n) is 4.45. The Labute approximate surface area is 82.1 Å². The lowest BCUT2D eigenvalue weighted by Gasteiger charge is -2.04. The molecule has 1 unspecified atom stereocenters. The summed E-state index contributed by atoms with van der Waals surface area (Å²) < 4.78 is 1.34. The van der Waals surface area contributed by atoms with E-state index in [1.165, 1.54) is 22.9 Å². The molecular weight excluding hydrogens is 212 g/mol. The lowest BCUT2D eigenvalue weighted by Crippen LogP contribution is -1.90. The molecule has 1 aliphatic carbocycles. The minimum Gasteiger partial charge on any atom is -0.0619 e. The Kier molecular flexibility index (Phi) is 1.99. The molecule has 0 aromatic heterocycles. The van der Waals surface area contributed by atoms with E-state index in [9.17, 15) is 0 Å². The normalized spacial score (nSPS) is 21.1. The number of hydrogen-bond acceptors (Lipinski definition) is 0. The molecule has 1 atom stereocenters. The fraction of sp³-hybridized carbons (Fsp3) is 0.455. The van der Waals surface area contributed by atoms with E-state index in [2.05, 4.69) is 41.9 Å². The first kappa shape index (κ1) is 8.31. The average Bonchev–Trinajstić information content (AvgIpc) is 2.39. The maximum Gasteiger partial charge on any atom is 0.0239 e. The van der Waals surface area contributed by atoms with Crippen molar-refractivity contribution >= 4 is 15.9 Å². The maximum absolute atomic E-state index is 3.66. The lowest BCUT2D eigenvalue weighted by atomic mass is 10.1. The standard InChI is InChI=1S/C11H13Br/c1-7-5-9-4-3-8(2)11(12)10(9)6-7/h3-4,7H,5-6H2,1-2H3. The first-order chi connectivity index (χ1) is 5.68. The van der Waals surface area contributed by atoms with Gasteiger partial charge in [0.1, 0.15) is 0 Å². The van der Waals surface area contributed by atoms with Crippen LogP contribution in [0.2, 0.25) is 0 Å².